The lowest BCUT2D eigenvalue weighted by Crippen LogP contribution is -2.33. The lowest BCUT2D eigenvalue weighted by Gasteiger charge is -2.29. The summed E-state index contributed by atoms with van der Waals surface area (Å²) in [5.74, 6) is 1.30. The van der Waals surface area contributed by atoms with Gasteiger partial charge in [-0.05, 0) is 58.3 Å². The Kier molecular flexibility index (Phi) is 5.91. The molecule has 8 heteroatoms. The summed E-state index contributed by atoms with van der Waals surface area (Å²) in [4.78, 5) is 11.5. The van der Waals surface area contributed by atoms with Crippen molar-refractivity contribution in [2.24, 2.45) is 5.92 Å². The van der Waals surface area contributed by atoms with Crippen LogP contribution in [-0.4, -0.2) is 69.3 Å². The number of anilines is 1. The van der Waals surface area contributed by atoms with E-state index in [0.29, 0.717) is 17.6 Å². The van der Waals surface area contributed by atoms with Crippen molar-refractivity contribution in [3.63, 3.8) is 0 Å². The Labute approximate surface area is 150 Å². The molecule has 1 aromatic rings. The van der Waals surface area contributed by atoms with Crippen LogP contribution < -0.4 is 10.6 Å². The first-order valence-corrected chi connectivity index (χ1v) is 11.0. The first-order valence-electron chi connectivity index (χ1n) is 9.13. The molecule has 25 heavy (non-hydrogen) atoms. The van der Waals surface area contributed by atoms with Crippen molar-refractivity contribution in [2.45, 2.75) is 36.5 Å². The van der Waals surface area contributed by atoms with E-state index in [0.717, 1.165) is 45.6 Å². The third-order valence-electron chi connectivity index (χ3n) is 5.25. The Hall–Kier alpha value is -1.25. The Balaban J connectivity index is 1.74. The number of hydrogen-bond acceptors (Lipinski definition) is 7. The Morgan fingerprint density at radius 3 is 2.72 bits per heavy atom. The number of rotatable bonds is 5. The third kappa shape index (κ3) is 4.89. The van der Waals surface area contributed by atoms with Crippen LogP contribution in [0, 0.1) is 5.92 Å². The van der Waals surface area contributed by atoms with Crippen LogP contribution in [0.5, 0.6) is 0 Å². The van der Waals surface area contributed by atoms with Crippen LogP contribution >= 0.6 is 0 Å². The highest BCUT2D eigenvalue weighted by Crippen LogP contribution is 2.28. The van der Waals surface area contributed by atoms with Gasteiger partial charge in [0.15, 0.2) is 9.84 Å². The molecule has 0 aliphatic carbocycles. The summed E-state index contributed by atoms with van der Waals surface area (Å²) in [5.41, 5.74) is 0.663. The number of hydrogen-bond donors (Lipinski definition) is 2. The molecule has 2 N–H and O–H groups in total. The van der Waals surface area contributed by atoms with Crippen LogP contribution in [0.4, 0.5) is 5.95 Å². The molecule has 0 bridgehead atoms. The number of nitrogens with zero attached hydrogens (tertiary/aromatic N) is 3. The summed E-state index contributed by atoms with van der Waals surface area (Å²) in [5, 5.41) is 6.67. The quantitative estimate of drug-likeness (QED) is 0.806. The molecule has 1 unspecified atom stereocenters. The highest BCUT2D eigenvalue weighted by molar-refractivity contribution is 7.90. The van der Waals surface area contributed by atoms with E-state index in [9.17, 15) is 8.42 Å². The van der Waals surface area contributed by atoms with Gasteiger partial charge in [0.05, 0.1) is 11.9 Å². The molecule has 1 aromatic heterocycles. The molecule has 0 amide bonds. The molecular weight excluding hydrogens is 338 g/mol. The van der Waals surface area contributed by atoms with Gasteiger partial charge in [0.2, 0.25) is 5.95 Å². The smallest absolute Gasteiger partial charge is 0.222 e. The van der Waals surface area contributed by atoms with Crippen LogP contribution in [-0.2, 0) is 9.84 Å². The van der Waals surface area contributed by atoms with Crippen LogP contribution in [0.2, 0.25) is 0 Å². The molecule has 0 aromatic carbocycles. The number of likely N-dealkylation sites (tertiary alicyclic amines) is 1. The highest BCUT2D eigenvalue weighted by atomic mass is 32.2. The van der Waals surface area contributed by atoms with E-state index >= 15 is 0 Å². The van der Waals surface area contributed by atoms with Gasteiger partial charge >= 0.3 is 0 Å². The average molecular weight is 368 g/mol. The molecule has 140 valence electrons. The van der Waals surface area contributed by atoms with Crippen molar-refractivity contribution >= 4 is 15.8 Å². The molecule has 2 fully saturated rings. The summed E-state index contributed by atoms with van der Waals surface area (Å²) in [6.07, 6.45) is 7.05. The Morgan fingerprint density at radius 1 is 1.32 bits per heavy atom. The molecular formula is C17H29N5O2S. The van der Waals surface area contributed by atoms with Crippen molar-refractivity contribution in [1.82, 2.24) is 20.2 Å². The molecule has 2 aliphatic rings. The van der Waals surface area contributed by atoms with Crippen molar-refractivity contribution in [3.05, 3.63) is 11.9 Å². The fourth-order valence-corrected chi connectivity index (χ4v) is 4.47. The monoisotopic (exact) mass is 367 g/mol. The first kappa shape index (κ1) is 18.5. The lowest BCUT2D eigenvalue weighted by atomic mass is 9.96. The number of aromatic nitrogens is 2. The van der Waals surface area contributed by atoms with Crippen molar-refractivity contribution in [3.8, 4) is 0 Å². The first-order chi connectivity index (χ1) is 11.9. The van der Waals surface area contributed by atoms with Crippen molar-refractivity contribution in [2.75, 3.05) is 51.3 Å². The standard InChI is InChI=1S/C17H29N5O2S/c1-22-8-5-13(6-9-22)10-19-17-20-12-15(25(2,23)24)16(21-17)14-4-3-7-18-11-14/h12-14,18H,3-11H2,1-2H3,(H,19,20,21). The molecule has 0 spiro atoms. The van der Waals surface area contributed by atoms with Gasteiger partial charge in [-0.15, -0.1) is 0 Å². The maximum Gasteiger partial charge on any atom is 0.222 e. The topological polar surface area (TPSA) is 87.2 Å². The maximum absolute atomic E-state index is 12.1. The van der Waals surface area contributed by atoms with E-state index in [-0.39, 0.29) is 10.8 Å². The maximum atomic E-state index is 12.1. The normalized spacial score (nSPS) is 23.5. The minimum absolute atomic E-state index is 0.130. The Bertz CT molecular complexity index is 680. The second-order valence-electron chi connectivity index (χ2n) is 7.39. The van der Waals surface area contributed by atoms with Crippen LogP contribution in [0.1, 0.15) is 37.3 Å². The SMILES string of the molecule is CN1CCC(CNc2ncc(S(C)(=O)=O)c(C3CCCNC3)n2)CC1. The predicted octanol–water partition coefficient (Wildman–Crippen LogP) is 1.10. The fourth-order valence-electron chi connectivity index (χ4n) is 3.63. The molecule has 3 rings (SSSR count). The van der Waals surface area contributed by atoms with Gasteiger partial charge in [-0.1, -0.05) is 0 Å². The second kappa shape index (κ2) is 7.97. The van der Waals surface area contributed by atoms with E-state index in [1.165, 1.54) is 25.3 Å². The Morgan fingerprint density at radius 2 is 2.08 bits per heavy atom. The van der Waals surface area contributed by atoms with Crippen molar-refractivity contribution in [1.29, 1.82) is 0 Å². The zero-order valence-electron chi connectivity index (χ0n) is 15.2. The summed E-state index contributed by atoms with van der Waals surface area (Å²) in [7, 11) is -1.17. The van der Waals surface area contributed by atoms with E-state index in [2.05, 4.69) is 32.5 Å². The van der Waals surface area contributed by atoms with Crippen molar-refractivity contribution < 1.29 is 8.42 Å². The molecule has 2 aliphatic heterocycles. The minimum atomic E-state index is -3.33. The number of sulfone groups is 1. The fraction of sp³-hybridized carbons (Fsp3) is 0.765. The average Bonchev–Trinajstić information content (AvgIpc) is 2.61. The van der Waals surface area contributed by atoms with E-state index < -0.39 is 9.84 Å². The van der Waals surface area contributed by atoms with Gasteiger partial charge in [-0.2, -0.15) is 0 Å². The summed E-state index contributed by atoms with van der Waals surface area (Å²) < 4.78 is 24.2. The zero-order chi connectivity index (χ0) is 17.9. The van der Waals surface area contributed by atoms with Crippen LogP contribution in [0.15, 0.2) is 11.1 Å². The number of piperidine rings is 2. The van der Waals surface area contributed by atoms with Gasteiger partial charge in [-0.25, -0.2) is 18.4 Å². The molecule has 0 radical (unpaired) electrons. The summed E-state index contributed by atoms with van der Waals surface area (Å²) in [6.45, 7) is 4.85. The van der Waals surface area contributed by atoms with Gasteiger partial charge in [-0.3, -0.25) is 0 Å². The molecule has 3 heterocycles. The molecule has 0 saturated carbocycles. The van der Waals surface area contributed by atoms with Gasteiger partial charge in [0, 0.05) is 25.3 Å². The third-order valence-corrected chi connectivity index (χ3v) is 6.37. The van der Waals surface area contributed by atoms with Gasteiger partial charge in [0.1, 0.15) is 4.90 Å². The molecule has 7 nitrogen and oxygen atoms in total. The van der Waals surface area contributed by atoms with Gasteiger partial charge in [0.25, 0.3) is 0 Å². The predicted molar refractivity (Wildman–Crippen MR) is 98.7 cm³/mol. The summed E-state index contributed by atoms with van der Waals surface area (Å²) in [6, 6.07) is 0. The second-order valence-corrected chi connectivity index (χ2v) is 9.37. The van der Waals surface area contributed by atoms with Crippen LogP contribution in [0.3, 0.4) is 0 Å². The zero-order valence-corrected chi connectivity index (χ0v) is 16.0. The summed E-state index contributed by atoms with van der Waals surface area (Å²) >= 11 is 0. The van der Waals surface area contributed by atoms with E-state index in [1.807, 2.05) is 0 Å². The molecule has 2 saturated heterocycles. The van der Waals surface area contributed by atoms with Gasteiger partial charge < -0.3 is 15.5 Å². The minimum Gasteiger partial charge on any atom is -0.354 e. The van der Waals surface area contributed by atoms with E-state index in [4.69, 9.17) is 0 Å². The highest BCUT2D eigenvalue weighted by Gasteiger charge is 2.25. The number of nitrogens with one attached hydrogen (secondary N) is 2. The molecule has 1 atom stereocenters. The largest absolute Gasteiger partial charge is 0.354 e. The lowest BCUT2D eigenvalue weighted by molar-refractivity contribution is 0.226. The van der Waals surface area contributed by atoms with Crippen LogP contribution in [0.25, 0.3) is 0 Å². The van der Waals surface area contributed by atoms with E-state index in [1.54, 1.807) is 0 Å².